The molecular weight excluding hydrogens is 450 g/mol. The van der Waals surface area contributed by atoms with Crippen LogP contribution >= 0.6 is 22.9 Å². The summed E-state index contributed by atoms with van der Waals surface area (Å²) in [4.78, 5) is 32.7. The SMILES string of the molecule is O=C(COC(=O)Cc1csc(-c2ccccn2)n1)NCc1ccc(-c2ccc(Cl)cc2)o1. The zero-order valence-electron chi connectivity index (χ0n) is 16.8. The second-order valence-electron chi connectivity index (χ2n) is 6.75. The number of hydrogen-bond acceptors (Lipinski definition) is 7. The van der Waals surface area contributed by atoms with E-state index in [0.29, 0.717) is 22.2 Å². The number of pyridine rings is 1. The zero-order chi connectivity index (χ0) is 22.3. The van der Waals surface area contributed by atoms with Crippen LogP contribution in [0, 0.1) is 0 Å². The number of rotatable bonds is 8. The second-order valence-corrected chi connectivity index (χ2v) is 8.04. The van der Waals surface area contributed by atoms with Crippen LogP contribution < -0.4 is 5.32 Å². The lowest BCUT2D eigenvalue weighted by molar-refractivity contribution is -0.148. The van der Waals surface area contributed by atoms with Gasteiger partial charge in [0.1, 0.15) is 16.5 Å². The van der Waals surface area contributed by atoms with Crippen molar-refractivity contribution >= 4 is 34.8 Å². The van der Waals surface area contributed by atoms with Crippen molar-refractivity contribution in [3.8, 4) is 22.0 Å². The van der Waals surface area contributed by atoms with Crippen LogP contribution in [-0.2, 0) is 27.3 Å². The van der Waals surface area contributed by atoms with Crippen LogP contribution in [0.4, 0.5) is 0 Å². The fraction of sp³-hybridized carbons (Fsp3) is 0.130. The Morgan fingerprint density at radius 1 is 1.09 bits per heavy atom. The largest absolute Gasteiger partial charge is 0.459 e. The van der Waals surface area contributed by atoms with Crippen molar-refractivity contribution in [3.05, 3.63) is 82.7 Å². The Morgan fingerprint density at radius 2 is 1.94 bits per heavy atom. The van der Waals surface area contributed by atoms with Gasteiger partial charge in [0, 0.05) is 22.2 Å². The zero-order valence-corrected chi connectivity index (χ0v) is 18.4. The summed E-state index contributed by atoms with van der Waals surface area (Å²) in [5.74, 6) is 0.307. The van der Waals surface area contributed by atoms with Crippen LogP contribution in [0.1, 0.15) is 11.5 Å². The van der Waals surface area contributed by atoms with Crippen LogP contribution in [0.15, 0.2) is 70.6 Å². The summed E-state index contributed by atoms with van der Waals surface area (Å²) >= 11 is 7.29. The number of ether oxygens (including phenoxy) is 1. The average molecular weight is 468 g/mol. The minimum Gasteiger partial charge on any atom is -0.459 e. The van der Waals surface area contributed by atoms with Gasteiger partial charge in [0.05, 0.1) is 24.4 Å². The van der Waals surface area contributed by atoms with Crippen LogP contribution in [0.5, 0.6) is 0 Å². The van der Waals surface area contributed by atoms with Gasteiger partial charge in [0.25, 0.3) is 5.91 Å². The van der Waals surface area contributed by atoms with E-state index in [0.717, 1.165) is 16.3 Å². The van der Waals surface area contributed by atoms with Gasteiger partial charge in [-0.2, -0.15) is 0 Å². The van der Waals surface area contributed by atoms with Gasteiger partial charge in [0.2, 0.25) is 0 Å². The first-order chi connectivity index (χ1) is 15.6. The topological polar surface area (TPSA) is 94.3 Å². The number of nitrogens with zero attached hydrogens (tertiary/aromatic N) is 2. The Morgan fingerprint density at radius 3 is 2.72 bits per heavy atom. The summed E-state index contributed by atoms with van der Waals surface area (Å²) < 4.78 is 10.8. The van der Waals surface area contributed by atoms with Gasteiger partial charge in [-0.3, -0.25) is 14.6 Å². The summed E-state index contributed by atoms with van der Waals surface area (Å²) in [6.45, 7) is -0.190. The highest BCUT2D eigenvalue weighted by Gasteiger charge is 2.13. The molecule has 9 heteroatoms. The number of hydrogen-bond donors (Lipinski definition) is 1. The molecule has 7 nitrogen and oxygen atoms in total. The van der Waals surface area contributed by atoms with Crippen molar-refractivity contribution in [2.45, 2.75) is 13.0 Å². The maximum Gasteiger partial charge on any atom is 0.312 e. The molecule has 0 aliphatic carbocycles. The molecule has 0 saturated carbocycles. The number of aromatic nitrogens is 2. The summed E-state index contributed by atoms with van der Waals surface area (Å²) in [6.07, 6.45) is 1.67. The average Bonchev–Trinajstić information content (AvgIpc) is 3.47. The molecule has 4 aromatic rings. The van der Waals surface area contributed by atoms with Crippen molar-refractivity contribution in [1.29, 1.82) is 0 Å². The summed E-state index contributed by atoms with van der Waals surface area (Å²) in [5.41, 5.74) is 2.20. The van der Waals surface area contributed by atoms with Gasteiger partial charge >= 0.3 is 5.97 Å². The third-order valence-electron chi connectivity index (χ3n) is 4.38. The molecule has 0 aliphatic heterocycles. The van der Waals surface area contributed by atoms with E-state index in [1.54, 1.807) is 29.8 Å². The van der Waals surface area contributed by atoms with Crippen molar-refractivity contribution < 1.29 is 18.7 Å². The lowest BCUT2D eigenvalue weighted by Gasteiger charge is -2.05. The third kappa shape index (κ3) is 5.81. The summed E-state index contributed by atoms with van der Waals surface area (Å²) in [5, 5.41) is 5.81. The number of esters is 1. The number of thiazole rings is 1. The van der Waals surface area contributed by atoms with E-state index in [9.17, 15) is 9.59 Å². The first-order valence-electron chi connectivity index (χ1n) is 9.69. The standard InChI is InChI=1S/C23H18ClN3O4S/c24-16-6-4-15(5-7-16)20-9-8-18(31-20)12-26-21(28)13-30-22(29)11-17-14-32-23(27-17)19-3-1-2-10-25-19/h1-10,14H,11-13H2,(H,26,28). The quantitative estimate of drug-likeness (QED) is 0.383. The predicted octanol–water partition coefficient (Wildman–Crippen LogP) is 4.52. The molecule has 0 saturated heterocycles. The molecule has 3 aromatic heterocycles. The van der Waals surface area contributed by atoms with E-state index in [1.807, 2.05) is 36.4 Å². The normalized spacial score (nSPS) is 10.7. The molecule has 32 heavy (non-hydrogen) atoms. The van der Waals surface area contributed by atoms with E-state index in [4.69, 9.17) is 20.8 Å². The Kier molecular flexibility index (Phi) is 6.94. The van der Waals surface area contributed by atoms with Crippen LogP contribution in [0.25, 0.3) is 22.0 Å². The fourth-order valence-corrected chi connectivity index (χ4v) is 3.74. The highest BCUT2D eigenvalue weighted by molar-refractivity contribution is 7.13. The maximum absolute atomic E-state index is 12.0. The highest BCUT2D eigenvalue weighted by Crippen LogP contribution is 2.24. The summed E-state index contributed by atoms with van der Waals surface area (Å²) in [7, 11) is 0. The lowest BCUT2D eigenvalue weighted by Crippen LogP contribution is -2.28. The van der Waals surface area contributed by atoms with Gasteiger partial charge < -0.3 is 14.5 Å². The molecular formula is C23H18ClN3O4S. The second kappa shape index (κ2) is 10.2. The molecule has 0 radical (unpaired) electrons. The van der Waals surface area contributed by atoms with E-state index >= 15 is 0 Å². The smallest absolute Gasteiger partial charge is 0.312 e. The van der Waals surface area contributed by atoms with Gasteiger partial charge in [-0.15, -0.1) is 11.3 Å². The number of furan rings is 1. The first-order valence-corrected chi connectivity index (χ1v) is 11.0. The molecule has 0 fully saturated rings. The van der Waals surface area contributed by atoms with Gasteiger partial charge in [-0.25, -0.2) is 4.98 Å². The molecule has 0 spiro atoms. The van der Waals surface area contributed by atoms with Gasteiger partial charge in [-0.1, -0.05) is 17.7 Å². The monoisotopic (exact) mass is 467 g/mol. The van der Waals surface area contributed by atoms with Crippen molar-refractivity contribution in [1.82, 2.24) is 15.3 Å². The maximum atomic E-state index is 12.0. The van der Waals surface area contributed by atoms with Gasteiger partial charge in [0.15, 0.2) is 6.61 Å². The van der Waals surface area contributed by atoms with Crippen molar-refractivity contribution in [3.63, 3.8) is 0 Å². The Labute approximate surface area is 193 Å². The van der Waals surface area contributed by atoms with E-state index in [2.05, 4.69) is 15.3 Å². The Bertz CT molecular complexity index is 1210. The summed E-state index contributed by atoms with van der Waals surface area (Å²) in [6, 6.07) is 16.4. The van der Waals surface area contributed by atoms with E-state index < -0.39 is 11.9 Å². The number of amides is 1. The van der Waals surface area contributed by atoms with Crippen LogP contribution in [0.2, 0.25) is 5.02 Å². The van der Waals surface area contributed by atoms with Gasteiger partial charge in [-0.05, 0) is 48.5 Å². The van der Waals surface area contributed by atoms with Crippen molar-refractivity contribution in [2.75, 3.05) is 6.61 Å². The molecule has 0 atom stereocenters. The lowest BCUT2D eigenvalue weighted by atomic mass is 10.2. The number of nitrogens with one attached hydrogen (secondary N) is 1. The molecule has 1 N–H and O–H groups in total. The number of carbonyl (C=O) groups excluding carboxylic acids is 2. The first kappa shape index (κ1) is 21.7. The molecule has 3 heterocycles. The number of halogens is 1. The molecule has 1 aromatic carbocycles. The minimum absolute atomic E-state index is 0.0146. The molecule has 0 aliphatic rings. The number of carbonyl (C=O) groups is 2. The predicted molar refractivity (Wildman–Crippen MR) is 121 cm³/mol. The third-order valence-corrected chi connectivity index (χ3v) is 5.54. The molecule has 1 amide bonds. The molecule has 0 bridgehead atoms. The Hall–Kier alpha value is -3.49. The van der Waals surface area contributed by atoms with E-state index in [-0.39, 0.29) is 19.6 Å². The molecule has 162 valence electrons. The van der Waals surface area contributed by atoms with Crippen molar-refractivity contribution in [2.24, 2.45) is 0 Å². The fourth-order valence-electron chi connectivity index (χ4n) is 2.82. The van der Waals surface area contributed by atoms with E-state index in [1.165, 1.54) is 11.3 Å². The molecule has 0 unspecified atom stereocenters. The molecule has 4 rings (SSSR count). The minimum atomic E-state index is -0.527. The highest BCUT2D eigenvalue weighted by atomic mass is 35.5. The number of benzene rings is 1. The van der Waals surface area contributed by atoms with Crippen LogP contribution in [-0.4, -0.2) is 28.5 Å². The van der Waals surface area contributed by atoms with Crippen LogP contribution in [0.3, 0.4) is 0 Å². The Balaban J connectivity index is 1.21.